The number of nitrogens with two attached hydrogens (primary N) is 1. The highest BCUT2D eigenvalue weighted by atomic mass is 19.1. The zero-order valence-electron chi connectivity index (χ0n) is 9.81. The van der Waals surface area contributed by atoms with Crippen LogP contribution in [0.4, 0.5) is 10.1 Å². The van der Waals surface area contributed by atoms with Gasteiger partial charge in [-0.05, 0) is 18.2 Å². The van der Waals surface area contributed by atoms with E-state index in [2.05, 4.69) is 26.8 Å². The number of amides is 1. The van der Waals surface area contributed by atoms with Gasteiger partial charge in [0.1, 0.15) is 12.1 Å². The molecule has 5 nitrogen and oxygen atoms in total. The van der Waals surface area contributed by atoms with E-state index < -0.39 is 11.7 Å². The quantitative estimate of drug-likeness (QED) is 0.798. The summed E-state index contributed by atoms with van der Waals surface area (Å²) in [7, 11) is 0. The van der Waals surface area contributed by atoms with Crippen molar-refractivity contribution < 1.29 is 13.7 Å². The molecule has 1 aromatic carbocycles. The van der Waals surface area contributed by atoms with Gasteiger partial charge in [-0.2, -0.15) is 0 Å². The van der Waals surface area contributed by atoms with E-state index in [0.29, 0.717) is 11.3 Å². The largest absolute Gasteiger partial charge is 0.364 e. The fraction of sp³-hybridized carbons (Fsp3) is 0.0769. The van der Waals surface area contributed by atoms with Crippen molar-refractivity contribution in [2.45, 2.75) is 0 Å². The van der Waals surface area contributed by atoms with Crippen molar-refractivity contribution in [3.8, 4) is 11.8 Å². The summed E-state index contributed by atoms with van der Waals surface area (Å²) in [6.07, 6.45) is 1.29. The van der Waals surface area contributed by atoms with Crippen LogP contribution in [0.1, 0.15) is 16.1 Å². The first-order valence-electron chi connectivity index (χ1n) is 5.41. The van der Waals surface area contributed by atoms with Gasteiger partial charge in [0.2, 0.25) is 0 Å². The number of halogens is 1. The Labute approximate surface area is 108 Å². The van der Waals surface area contributed by atoms with Crippen LogP contribution in [0.2, 0.25) is 0 Å². The lowest BCUT2D eigenvalue weighted by molar-refractivity contribution is 0.101. The van der Waals surface area contributed by atoms with Crippen molar-refractivity contribution in [2.24, 2.45) is 5.73 Å². The number of hydrogen-bond donors (Lipinski definition) is 2. The highest BCUT2D eigenvalue weighted by molar-refractivity contribution is 6.03. The molecule has 0 aliphatic carbocycles. The monoisotopic (exact) mass is 259 g/mol. The zero-order valence-corrected chi connectivity index (χ0v) is 9.81. The molecule has 19 heavy (non-hydrogen) atoms. The van der Waals surface area contributed by atoms with Gasteiger partial charge in [0.15, 0.2) is 5.69 Å². The minimum atomic E-state index is -0.462. The van der Waals surface area contributed by atoms with Gasteiger partial charge in [-0.15, -0.1) is 0 Å². The van der Waals surface area contributed by atoms with E-state index in [1.165, 1.54) is 30.5 Å². The van der Waals surface area contributed by atoms with Crippen molar-refractivity contribution in [1.82, 2.24) is 5.16 Å². The lowest BCUT2D eigenvalue weighted by Crippen LogP contribution is -2.13. The van der Waals surface area contributed by atoms with E-state index in [9.17, 15) is 9.18 Å². The molecule has 1 amide bonds. The summed E-state index contributed by atoms with van der Waals surface area (Å²) in [6, 6.07) is 5.30. The maximum atomic E-state index is 13.1. The molecule has 0 radical (unpaired) electrons. The van der Waals surface area contributed by atoms with Crippen LogP contribution in [-0.2, 0) is 0 Å². The van der Waals surface area contributed by atoms with Crippen LogP contribution in [0.25, 0.3) is 0 Å². The fourth-order valence-electron chi connectivity index (χ4n) is 1.39. The van der Waals surface area contributed by atoms with Crippen LogP contribution >= 0.6 is 0 Å². The van der Waals surface area contributed by atoms with Gasteiger partial charge in [-0.25, -0.2) is 4.39 Å². The summed E-state index contributed by atoms with van der Waals surface area (Å²) < 4.78 is 17.7. The van der Waals surface area contributed by atoms with Gasteiger partial charge >= 0.3 is 0 Å². The molecule has 3 N–H and O–H groups in total. The summed E-state index contributed by atoms with van der Waals surface area (Å²) in [5.74, 6) is 4.39. The van der Waals surface area contributed by atoms with Gasteiger partial charge in [-0.1, -0.05) is 17.0 Å². The van der Waals surface area contributed by atoms with Crippen LogP contribution in [0.15, 0.2) is 35.1 Å². The molecule has 1 heterocycles. The van der Waals surface area contributed by atoms with Crippen molar-refractivity contribution in [3.63, 3.8) is 0 Å². The van der Waals surface area contributed by atoms with E-state index >= 15 is 0 Å². The lowest BCUT2D eigenvalue weighted by atomic mass is 10.1. The molecule has 2 aromatic rings. The van der Waals surface area contributed by atoms with Crippen LogP contribution in [0.5, 0.6) is 0 Å². The number of carbonyl (C=O) groups is 1. The van der Waals surface area contributed by atoms with E-state index in [0.717, 1.165) is 0 Å². The molecule has 1 aromatic heterocycles. The zero-order chi connectivity index (χ0) is 13.7. The van der Waals surface area contributed by atoms with E-state index in [1.54, 1.807) is 0 Å². The Morgan fingerprint density at radius 3 is 3.00 bits per heavy atom. The molecule has 0 aliphatic heterocycles. The van der Waals surface area contributed by atoms with Gasteiger partial charge in [0.05, 0.1) is 17.8 Å². The smallest absolute Gasteiger partial charge is 0.277 e. The predicted molar refractivity (Wildman–Crippen MR) is 66.8 cm³/mol. The average molecular weight is 259 g/mol. The maximum Gasteiger partial charge on any atom is 0.277 e. The van der Waals surface area contributed by atoms with Crippen molar-refractivity contribution in [1.29, 1.82) is 0 Å². The minimum Gasteiger partial charge on any atom is -0.364 e. The maximum absolute atomic E-state index is 13.1. The first-order valence-corrected chi connectivity index (χ1v) is 5.41. The predicted octanol–water partition coefficient (Wildman–Crippen LogP) is 1.38. The van der Waals surface area contributed by atoms with E-state index in [-0.39, 0.29) is 12.2 Å². The van der Waals surface area contributed by atoms with Gasteiger partial charge < -0.3 is 15.6 Å². The van der Waals surface area contributed by atoms with Gasteiger partial charge in [-0.3, -0.25) is 4.79 Å². The Morgan fingerprint density at radius 2 is 2.32 bits per heavy atom. The Bertz CT molecular complexity index is 642. The fourth-order valence-corrected chi connectivity index (χ4v) is 1.39. The number of nitrogens with zero attached hydrogens (tertiary/aromatic N) is 1. The third-order valence-electron chi connectivity index (χ3n) is 2.23. The van der Waals surface area contributed by atoms with Gasteiger partial charge in [0.25, 0.3) is 5.91 Å². The van der Waals surface area contributed by atoms with Crippen LogP contribution in [0, 0.1) is 17.7 Å². The number of benzene rings is 1. The first kappa shape index (κ1) is 12.8. The second-order valence-corrected chi connectivity index (χ2v) is 3.53. The van der Waals surface area contributed by atoms with Crippen molar-refractivity contribution >= 4 is 11.6 Å². The number of hydrogen-bond acceptors (Lipinski definition) is 4. The van der Waals surface area contributed by atoms with Crippen LogP contribution in [-0.4, -0.2) is 17.6 Å². The van der Waals surface area contributed by atoms with Crippen molar-refractivity contribution in [2.75, 3.05) is 11.9 Å². The Kier molecular flexibility index (Phi) is 3.90. The molecule has 0 spiro atoms. The van der Waals surface area contributed by atoms with Crippen LogP contribution < -0.4 is 11.1 Å². The standard InChI is InChI=1S/C13H10FN3O2/c14-10-3-4-11(9(8-10)2-1-6-15)16-13(18)12-5-7-19-17-12/h3-5,7-8H,6,15H2,(H,16,18). The molecule has 0 unspecified atom stereocenters. The summed E-state index contributed by atoms with van der Waals surface area (Å²) in [4.78, 5) is 11.8. The lowest BCUT2D eigenvalue weighted by Gasteiger charge is -2.05. The SMILES string of the molecule is NCC#Cc1cc(F)ccc1NC(=O)c1ccon1. The summed E-state index contributed by atoms with van der Waals surface area (Å²) in [6.45, 7) is 0.146. The Morgan fingerprint density at radius 1 is 1.47 bits per heavy atom. The number of anilines is 1. The molecule has 0 saturated heterocycles. The molecule has 0 aliphatic rings. The minimum absolute atomic E-state index is 0.127. The average Bonchev–Trinajstić information content (AvgIpc) is 2.93. The summed E-state index contributed by atoms with van der Waals surface area (Å²) in [5.41, 5.74) is 6.13. The summed E-state index contributed by atoms with van der Waals surface area (Å²) >= 11 is 0. The van der Waals surface area contributed by atoms with E-state index in [4.69, 9.17) is 5.73 Å². The third-order valence-corrected chi connectivity index (χ3v) is 2.23. The topological polar surface area (TPSA) is 81.1 Å². The second-order valence-electron chi connectivity index (χ2n) is 3.53. The third kappa shape index (κ3) is 3.18. The van der Waals surface area contributed by atoms with E-state index in [1.807, 2.05) is 0 Å². The first-order chi connectivity index (χ1) is 9.20. The molecular formula is C13H10FN3O2. The number of rotatable bonds is 2. The number of carbonyl (C=O) groups excluding carboxylic acids is 1. The van der Waals surface area contributed by atoms with Crippen LogP contribution in [0.3, 0.4) is 0 Å². The molecule has 0 fully saturated rings. The molecule has 0 saturated carbocycles. The molecule has 6 heteroatoms. The normalized spacial score (nSPS) is 9.58. The number of aromatic nitrogens is 1. The molecule has 0 atom stereocenters. The second kappa shape index (κ2) is 5.80. The number of nitrogens with one attached hydrogen (secondary N) is 1. The Balaban J connectivity index is 2.27. The Hall–Kier alpha value is -2.65. The molecule has 96 valence electrons. The van der Waals surface area contributed by atoms with Gasteiger partial charge in [0, 0.05) is 6.07 Å². The molecule has 0 bridgehead atoms. The van der Waals surface area contributed by atoms with Crippen molar-refractivity contribution in [3.05, 3.63) is 47.6 Å². The highest BCUT2D eigenvalue weighted by Gasteiger charge is 2.11. The molecule has 2 rings (SSSR count). The summed E-state index contributed by atoms with van der Waals surface area (Å²) in [5, 5.41) is 6.08. The highest BCUT2D eigenvalue weighted by Crippen LogP contribution is 2.16. The molecular weight excluding hydrogens is 249 g/mol.